The Bertz CT molecular complexity index is 1050. The molecule has 0 amide bonds. The third-order valence-electron chi connectivity index (χ3n) is 3.75. The molecule has 4 aromatic rings. The number of thioether (sulfide) groups is 1. The van der Waals surface area contributed by atoms with E-state index in [1.54, 1.807) is 18.0 Å². The molecule has 0 saturated heterocycles. The van der Waals surface area contributed by atoms with Crippen LogP contribution in [-0.4, -0.2) is 14.4 Å². The number of nitrogens with zero attached hydrogens (tertiary/aromatic N) is 3. The Morgan fingerprint density at radius 3 is 2.69 bits per heavy atom. The molecule has 132 valence electrons. The van der Waals surface area contributed by atoms with Gasteiger partial charge in [-0.05, 0) is 11.6 Å². The van der Waals surface area contributed by atoms with Gasteiger partial charge in [-0.25, -0.2) is 18.7 Å². The van der Waals surface area contributed by atoms with Crippen molar-refractivity contribution in [2.45, 2.75) is 17.1 Å². The summed E-state index contributed by atoms with van der Waals surface area (Å²) in [5.41, 5.74) is 1.93. The van der Waals surface area contributed by atoms with E-state index in [1.807, 2.05) is 34.9 Å². The van der Waals surface area contributed by atoms with E-state index in [2.05, 4.69) is 22.1 Å². The second-order valence-electron chi connectivity index (χ2n) is 5.50. The van der Waals surface area contributed by atoms with Gasteiger partial charge in [-0.3, -0.25) is 4.40 Å². The normalized spacial score (nSPS) is 11.5. The van der Waals surface area contributed by atoms with Gasteiger partial charge in [0.15, 0.2) is 10.8 Å². The van der Waals surface area contributed by atoms with E-state index in [0.29, 0.717) is 15.9 Å². The summed E-state index contributed by atoms with van der Waals surface area (Å²) in [6, 6.07) is 12.0. The molecule has 3 aromatic heterocycles. The minimum Gasteiger partial charge on any atom is -0.295 e. The number of aromatic nitrogens is 3. The molecule has 0 atom stereocenters. The van der Waals surface area contributed by atoms with Crippen LogP contribution in [0.3, 0.4) is 0 Å². The number of pyridine rings is 1. The number of hydrogen-bond donors (Lipinski definition) is 0. The summed E-state index contributed by atoms with van der Waals surface area (Å²) in [5, 5.41) is 1.01. The van der Waals surface area contributed by atoms with Gasteiger partial charge in [0.1, 0.15) is 0 Å². The van der Waals surface area contributed by atoms with Gasteiger partial charge in [0, 0.05) is 23.0 Å². The molecular formula is C18H12ClF2N3S2. The maximum atomic E-state index is 12.8. The SMILES string of the molecule is FC(F)c1cnc(-c2ncc3c(Cl)cc(SCc4ccccc4)cn23)s1. The lowest BCUT2D eigenvalue weighted by Gasteiger charge is -2.06. The molecule has 1 aromatic carbocycles. The first-order valence-electron chi connectivity index (χ1n) is 7.69. The van der Waals surface area contributed by atoms with E-state index in [-0.39, 0.29) is 4.88 Å². The van der Waals surface area contributed by atoms with Crippen LogP contribution in [0.5, 0.6) is 0 Å². The van der Waals surface area contributed by atoms with Crippen LogP contribution in [0.2, 0.25) is 5.02 Å². The topological polar surface area (TPSA) is 30.2 Å². The molecule has 0 saturated carbocycles. The Kier molecular flexibility index (Phi) is 4.93. The lowest BCUT2D eigenvalue weighted by molar-refractivity contribution is 0.155. The maximum absolute atomic E-state index is 12.8. The van der Waals surface area contributed by atoms with E-state index >= 15 is 0 Å². The van der Waals surface area contributed by atoms with Crippen molar-refractivity contribution in [3.8, 4) is 10.8 Å². The number of fused-ring (bicyclic) bond motifs is 1. The molecule has 0 bridgehead atoms. The molecule has 0 aliphatic heterocycles. The molecule has 0 spiro atoms. The second kappa shape index (κ2) is 7.34. The molecule has 26 heavy (non-hydrogen) atoms. The number of alkyl halides is 2. The molecule has 0 N–H and O–H groups in total. The maximum Gasteiger partial charge on any atom is 0.274 e. The molecule has 0 fully saturated rings. The lowest BCUT2D eigenvalue weighted by atomic mass is 10.2. The second-order valence-corrected chi connectivity index (χ2v) is 8.02. The highest BCUT2D eigenvalue weighted by atomic mass is 35.5. The molecule has 3 nitrogen and oxygen atoms in total. The summed E-state index contributed by atoms with van der Waals surface area (Å²) in [7, 11) is 0. The van der Waals surface area contributed by atoms with Crippen molar-refractivity contribution in [3.05, 3.63) is 70.5 Å². The summed E-state index contributed by atoms with van der Waals surface area (Å²) in [6.45, 7) is 0. The minimum atomic E-state index is -2.53. The van der Waals surface area contributed by atoms with Gasteiger partial charge < -0.3 is 0 Å². The van der Waals surface area contributed by atoms with Gasteiger partial charge in [0.2, 0.25) is 0 Å². The van der Waals surface area contributed by atoms with Gasteiger partial charge >= 0.3 is 0 Å². The van der Waals surface area contributed by atoms with Crippen molar-refractivity contribution in [2.75, 3.05) is 0 Å². The molecular weight excluding hydrogens is 396 g/mol. The zero-order valence-corrected chi connectivity index (χ0v) is 15.7. The molecule has 0 aliphatic carbocycles. The Morgan fingerprint density at radius 2 is 1.96 bits per heavy atom. The largest absolute Gasteiger partial charge is 0.295 e. The molecule has 3 heterocycles. The minimum absolute atomic E-state index is 0.0718. The highest BCUT2D eigenvalue weighted by Gasteiger charge is 2.17. The Balaban J connectivity index is 1.68. The van der Waals surface area contributed by atoms with Crippen LogP contribution in [0.1, 0.15) is 16.9 Å². The van der Waals surface area contributed by atoms with Crippen LogP contribution in [0.25, 0.3) is 16.3 Å². The summed E-state index contributed by atoms with van der Waals surface area (Å²) >= 11 is 8.98. The average molecular weight is 408 g/mol. The number of halogens is 3. The summed E-state index contributed by atoms with van der Waals surface area (Å²) in [4.78, 5) is 9.32. The third-order valence-corrected chi connectivity index (χ3v) is 6.08. The lowest BCUT2D eigenvalue weighted by Crippen LogP contribution is -1.91. The highest BCUT2D eigenvalue weighted by Crippen LogP contribution is 2.34. The zero-order valence-electron chi connectivity index (χ0n) is 13.3. The van der Waals surface area contributed by atoms with Crippen molar-refractivity contribution < 1.29 is 8.78 Å². The Hall–Kier alpha value is -1.96. The third kappa shape index (κ3) is 3.47. The smallest absolute Gasteiger partial charge is 0.274 e. The zero-order chi connectivity index (χ0) is 18.1. The van der Waals surface area contributed by atoms with Crippen molar-refractivity contribution in [3.63, 3.8) is 0 Å². The van der Waals surface area contributed by atoms with Crippen LogP contribution in [0.4, 0.5) is 8.78 Å². The predicted octanol–water partition coefficient (Wildman–Crippen LogP) is 6.34. The van der Waals surface area contributed by atoms with Crippen LogP contribution >= 0.6 is 34.7 Å². The van der Waals surface area contributed by atoms with E-state index < -0.39 is 6.43 Å². The van der Waals surface area contributed by atoms with Gasteiger partial charge in [0.05, 0.1) is 21.6 Å². The number of imidazole rings is 1. The monoisotopic (exact) mass is 407 g/mol. The first kappa shape index (κ1) is 17.5. The van der Waals surface area contributed by atoms with Gasteiger partial charge in [0.25, 0.3) is 6.43 Å². The van der Waals surface area contributed by atoms with Gasteiger partial charge in [-0.15, -0.1) is 23.1 Å². The first-order valence-corrected chi connectivity index (χ1v) is 9.87. The fourth-order valence-electron chi connectivity index (χ4n) is 2.50. The number of rotatable bonds is 5. The molecule has 0 radical (unpaired) electrons. The van der Waals surface area contributed by atoms with Gasteiger partial charge in [-0.1, -0.05) is 41.9 Å². The highest BCUT2D eigenvalue weighted by molar-refractivity contribution is 7.98. The molecule has 0 aliphatic rings. The fourth-order valence-corrected chi connectivity index (χ4v) is 4.50. The fraction of sp³-hybridized carbons (Fsp3) is 0.111. The van der Waals surface area contributed by atoms with Crippen LogP contribution in [-0.2, 0) is 5.75 Å². The molecule has 4 rings (SSSR count). The van der Waals surface area contributed by atoms with E-state index in [4.69, 9.17) is 11.6 Å². The molecule has 8 heteroatoms. The Morgan fingerprint density at radius 1 is 1.15 bits per heavy atom. The van der Waals surface area contributed by atoms with E-state index in [0.717, 1.165) is 27.5 Å². The van der Waals surface area contributed by atoms with Crippen LogP contribution in [0.15, 0.2) is 59.9 Å². The van der Waals surface area contributed by atoms with Crippen molar-refractivity contribution in [1.82, 2.24) is 14.4 Å². The van der Waals surface area contributed by atoms with Crippen LogP contribution < -0.4 is 0 Å². The summed E-state index contributed by atoms with van der Waals surface area (Å²) < 4.78 is 27.5. The van der Waals surface area contributed by atoms with Crippen LogP contribution in [0, 0.1) is 0 Å². The number of hydrogen-bond acceptors (Lipinski definition) is 4. The molecule has 0 unspecified atom stereocenters. The average Bonchev–Trinajstić information content (AvgIpc) is 3.28. The van der Waals surface area contributed by atoms with Gasteiger partial charge in [-0.2, -0.15) is 0 Å². The standard InChI is InChI=1S/C18H12ClF2N3S2/c19-13-6-12(25-10-11-4-2-1-3-5-11)9-24-14(13)7-22-17(24)18-23-8-15(26-18)16(20)21/h1-9,16H,10H2. The van der Waals surface area contributed by atoms with Crippen molar-refractivity contribution in [1.29, 1.82) is 0 Å². The van der Waals surface area contributed by atoms with Crippen molar-refractivity contribution in [2.24, 2.45) is 0 Å². The Labute approximate surface area is 161 Å². The number of benzene rings is 1. The number of thiazole rings is 1. The van der Waals surface area contributed by atoms with Crippen molar-refractivity contribution >= 4 is 40.2 Å². The van der Waals surface area contributed by atoms with E-state index in [9.17, 15) is 8.78 Å². The predicted molar refractivity (Wildman–Crippen MR) is 102 cm³/mol. The first-order chi connectivity index (χ1) is 12.6. The van der Waals surface area contributed by atoms with E-state index in [1.165, 1.54) is 11.8 Å². The summed E-state index contributed by atoms with van der Waals surface area (Å²) in [6.07, 6.45) is 2.21. The summed E-state index contributed by atoms with van der Waals surface area (Å²) in [5.74, 6) is 1.32. The quantitative estimate of drug-likeness (QED) is 0.361.